The molecule has 3 aromatic heterocycles. The lowest BCUT2D eigenvalue weighted by atomic mass is 9.88. The van der Waals surface area contributed by atoms with Gasteiger partial charge in [-0.2, -0.15) is 5.10 Å². The Hall–Kier alpha value is -3.10. The van der Waals surface area contributed by atoms with Crippen molar-refractivity contribution < 1.29 is 13.6 Å². The first-order valence-electron chi connectivity index (χ1n) is 8.09. The SMILES string of the molecule is Cn1cc(-c2cnc3c(NC(=O)NC4CC(F)(F)C4)ccnc3c2)cn1. The summed E-state index contributed by atoms with van der Waals surface area (Å²) in [5.74, 6) is -2.68. The van der Waals surface area contributed by atoms with Crippen LogP contribution < -0.4 is 10.6 Å². The van der Waals surface area contributed by atoms with Crippen LogP contribution in [0, 0.1) is 0 Å². The molecule has 0 aromatic carbocycles. The Morgan fingerprint density at radius 1 is 1.27 bits per heavy atom. The molecular weight excluding hydrogens is 342 g/mol. The number of aromatic nitrogens is 4. The molecule has 0 saturated heterocycles. The third-order valence-electron chi connectivity index (χ3n) is 4.29. The predicted octanol–water partition coefficient (Wildman–Crippen LogP) is 2.95. The number of carbonyl (C=O) groups is 1. The number of amides is 2. The normalized spacial score (nSPS) is 16.3. The van der Waals surface area contributed by atoms with E-state index in [1.165, 1.54) is 0 Å². The van der Waals surface area contributed by atoms with Crippen molar-refractivity contribution in [1.82, 2.24) is 25.1 Å². The summed E-state index contributed by atoms with van der Waals surface area (Å²) in [6.45, 7) is 0. The highest BCUT2D eigenvalue weighted by molar-refractivity contribution is 5.99. The molecule has 1 aliphatic carbocycles. The van der Waals surface area contributed by atoms with Crippen LogP contribution in [0.25, 0.3) is 22.2 Å². The van der Waals surface area contributed by atoms with Crippen LogP contribution in [0.15, 0.2) is 36.9 Å². The molecule has 0 unspecified atom stereocenters. The van der Waals surface area contributed by atoms with Crippen molar-refractivity contribution in [3.05, 3.63) is 36.9 Å². The first kappa shape index (κ1) is 16.4. The molecule has 4 rings (SSSR count). The van der Waals surface area contributed by atoms with Crippen molar-refractivity contribution in [1.29, 1.82) is 0 Å². The van der Waals surface area contributed by atoms with Gasteiger partial charge in [0.1, 0.15) is 5.52 Å². The Morgan fingerprint density at radius 2 is 2.08 bits per heavy atom. The van der Waals surface area contributed by atoms with Crippen molar-refractivity contribution in [2.45, 2.75) is 24.8 Å². The molecule has 2 amide bonds. The summed E-state index contributed by atoms with van der Waals surface area (Å²) in [6.07, 6.45) is 6.18. The zero-order valence-corrected chi connectivity index (χ0v) is 13.9. The van der Waals surface area contributed by atoms with Gasteiger partial charge in [-0.15, -0.1) is 0 Å². The average molecular weight is 358 g/mol. The minimum absolute atomic E-state index is 0.329. The number of anilines is 1. The highest BCUT2D eigenvalue weighted by atomic mass is 19.3. The predicted molar refractivity (Wildman–Crippen MR) is 91.9 cm³/mol. The summed E-state index contributed by atoms with van der Waals surface area (Å²) < 4.78 is 27.4. The van der Waals surface area contributed by atoms with E-state index < -0.39 is 18.0 Å². The number of rotatable bonds is 3. The average Bonchev–Trinajstić information content (AvgIpc) is 2.99. The van der Waals surface area contributed by atoms with E-state index in [0.717, 1.165) is 11.1 Å². The zero-order valence-electron chi connectivity index (χ0n) is 13.9. The van der Waals surface area contributed by atoms with Crippen molar-refractivity contribution in [2.24, 2.45) is 7.05 Å². The van der Waals surface area contributed by atoms with Gasteiger partial charge in [-0.3, -0.25) is 14.6 Å². The zero-order chi connectivity index (χ0) is 18.3. The van der Waals surface area contributed by atoms with Crippen LogP contribution in [0.2, 0.25) is 0 Å². The highest BCUT2D eigenvalue weighted by Crippen LogP contribution is 2.37. The summed E-state index contributed by atoms with van der Waals surface area (Å²) in [5.41, 5.74) is 3.37. The van der Waals surface area contributed by atoms with Gasteiger partial charge in [0.2, 0.25) is 0 Å². The van der Waals surface area contributed by atoms with Gasteiger partial charge in [-0.1, -0.05) is 0 Å². The van der Waals surface area contributed by atoms with Crippen molar-refractivity contribution >= 4 is 22.8 Å². The molecule has 0 bridgehead atoms. The lowest BCUT2D eigenvalue weighted by Gasteiger charge is -2.35. The number of alkyl halides is 2. The van der Waals surface area contributed by atoms with E-state index in [4.69, 9.17) is 0 Å². The first-order valence-corrected chi connectivity index (χ1v) is 8.09. The second-order valence-electron chi connectivity index (χ2n) is 6.41. The Labute approximate surface area is 147 Å². The molecule has 3 aromatic rings. The standard InChI is InChI=1S/C17H16F2N6O/c1-25-9-11(8-22-25)10-4-14-15(21-7-10)13(2-3-20-14)24-16(26)23-12-5-17(18,19)6-12/h2-4,7-9,12H,5-6H2,1H3,(H2,20,23,24,26). The molecule has 1 saturated carbocycles. The van der Waals surface area contributed by atoms with Gasteiger partial charge in [0.25, 0.3) is 5.92 Å². The summed E-state index contributed by atoms with van der Waals surface area (Å²) in [6, 6.07) is 2.43. The number of aryl methyl sites for hydroxylation is 1. The molecule has 134 valence electrons. The van der Waals surface area contributed by atoms with E-state index in [0.29, 0.717) is 16.7 Å². The molecule has 2 N–H and O–H groups in total. The lowest BCUT2D eigenvalue weighted by molar-refractivity contribution is -0.0893. The van der Waals surface area contributed by atoms with Gasteiger partial charge < -0.3 is 10.6 Å². The van der Waals surface area contributed by atoms with E-state index in [2.05, 4.69) is 25.7 Å². The van der Waals surface area contributed by atoms with Gasteiger partial charge in [-0.05, 0) is 12.1 Å². The van der Waals surface area contributed by atoms with Crippen molar-refractivity contribution in [3.8, 4) is 11.1 Å². The van der Waals surface area contributed by atoms with Gasteiger partial charge >= 0.3 is 6.03 Å². The topological polar surface area (TPSA) is 84.7 Å². The number of hydrogen-bond acceptors (Lipinski definition) is 4. The largest absolute Gasteiger partial charge is 0.335 e. The third-order valence-corrected chi connectivity index (χ3v) is 4.29. The van der Waals surface area contributed by atoms with E-state index >= 15 is 0 Å². The number of fused-ring (bicyclic) bond motifs is 1. The van der Waals surface area contributed by atoms with Crippen molar-refractivity contribution in [2.75, 3.05) is 5.32 Å². The number of hydrogen-bond donors (Lipinski definition) is 2. The Kier molecular flexibility index (Phi) is 3.78. The minimum Gasteiger partial charge on any atom is -0.335 e. The molecule has 1 aliphatic rings. The Morgan fingerprint density at radius 3 is 2.77 bits per heavy atom. The van der Waals surface area contributed by atoms with Crippen LogP contribution in [-0.4, -0.2) is 37.7 Å². The molecular formula is C17H16F2N6O. The molecule has 26 heavy (non-hydrogen) atoms. The smallest absolute Gasteiger partial charge is 0.319 e. The van der Waals surface area contributed by atoms with E-state index in [1.54, 1.807) is 29.3 Å². The van der Waals surface area contributed by atoms with Crippen LogP contribution in [-0.2, 0) is 7.05 Å². The maximum atomic E-state index is 12.9. The molecule has 0 spiro atoms. The number of nitrogens with zero attached hydrogens (tertiary/aromatic N) is 4. The number of urea groups is 1. The summed E-state index contributed by atoms with van der Waals surface area (Å²) in [5, 5.41) is 9.33. The van der Waals surface area contributed by atoms with Crippen LogP contribution in [0.4, 0.5) is 19.3 Å². The minimum atomic E-state index is -2.68. The maximum Gasteiger partial charge on any atom is 0.319 e. The van der Waals surface area contributed by atoms with E-state index in [9.17, 15) is 13.6 Å². The molecule has 0 radical (unpaired) electrons. The highest BCUT2D eigenvalue weighted by Gasteiger charge is 2.45. The lowest BCUT2D eigenvalue weighted by Crippen LogP contribution is -2.51. The number of carbonyl (C=O) groups excluding carboxylic acids is 1. The number of nitrogens with one attached hydrogen (secondary N) is 2. The van der Waals surface area contributed by atoms with E-state index in [-0.39, 0.29) is 12.8 Å². The number of halogens is 2. The molecule has 1 fully saturated rings. The van der Waals surface area contributed by atoms with Crippen molar-refractivity contribution in [3.63, 3.8) is 0 Å². The molecule has 0 aliphatic heterocycles. The third kappa shape index (κ3) is 3.19. The fraction of sp³-hybridized carbons (Fsp3) is 0.294. The fourth-order valence-electron chi connectivity index (χ4n) is 2.97. The van der Waals surface area contributed by atoms with Gasteiger partial charge in [-0.25, -0.2) is 13.6 Å². The van der Waals surface area contributed by atoms with Gasteiger partial charge in [0.15, 0.2) is 0 Å². The Bertz CT molecular complexity index is 978. The Balaban J connectivity index is 1.53. The molecule has 9 heteroatoms. The monoisotopic (exact) mass is 358 g/mol. The summed E-state index contributed by atoms with van der Waals surface area (Å²) in [7, 11) is 1.83. The quantitative estimate of drug-likeness (QED) is 0.754. The van der Waals surface area contributed by atoms with Crippen LogP contribution in [0.5, 0.6) is 0 Å². The second kappa shape index (κ2) is 6.01. The number of pyridine rings is 2. The summed E-state index contributed by atoms with van der Waals surface area (Å²) >= 11 is 0. The van der Waals surface area contributed by atoms with Crippen LogP contribution in [0.1, 0.15) is 12.8 Å². The van der Waals surface area contributed by atoms with E-state index in [1.807, 2.05) is 19.3 Å². The molecule has 0 atom stereocenters. The molecule has 3 heterocycles. The summed E-state index contributed by atoms with van der Waals surface area (Å²) in [4.78, 5) is 20.7. The molecule has 7 nitrogen and oxygen atoms in total. The fourth-order valence-corrected chi connectivity index (χ4v) is 2.97. The first-order chi connectivity index (χ1) is 12.4. The van der Waals surface area contributed by atoms with Gasteiger partial charge in [0, 0.05) is 55.6 Å². The van der Waals surface area contributed by atoms with Crippen LogP contribution in [0.3, 0.4) is 0 Å². The van der Waals surface area contributed by atoms with Gasteiger partial charge in [0.05, 0.1) is 17.4 Å². The second-order valence-corrected chi connectivity index (χ2v) is 6.41. The maximum absolute atomic E-state index is 12.9. The van der Waals surface area contributed by atoms with Crippen LogP contribution >= 0.6 is 0 Å².